The number of oxazole rings is 1. The molecule has 1 fully saturated rings. The lowest BCUT2D eigenvalue weighted by Crippen LogP contribution is -2.36. The third-order valence-electron chi connectivity index (χ3n) is 4.74. The summed E-state index contributed by atoms with van der Waals surface area (Å²) in [5, 5.41) is -0.0787. The molecule has 156 valence electrons. The highest BCUT2D eigenvalue weighted by Gasteiger charge is 2.31. The van der Waals surface area contributed by atoms with Crippen LogP contribution in [0.1, 0.15) is 11.5 Å². The van der Waals surface area contributed by atoms with Crippen LogP contribution in [-0.2, 0) is 14.6 Å². The van der Waals surface area contributed by atoms with Crippen LogP contribution >= 0.6 is 0 Å². The highest BCUT2D eigenvalue weighted by molar-refractivity contribution is 7.91. The first kappa shape index (κ1) is 20.2. The molecule has 0 N–H and O–H groups in total. The van der Waals surface area contributed by atoms with Gasteiger partial charge >= 0.3 is 0 Å². The number of benzene rings is 2. The maximum absolute atomic E-state index is 13.2. The van der Waals surface area contributed by atoms with Crippen LogP contribution in [0.25, 0.3) is 12.2 Å². The minimum Gasteiger partial charge on any atom is -0.497 e. The van der Waals surface area contributed by atoms with Crippen molar-refractivity contribution < 1.29 is 22.3 Å². The Morgan fingerprint density at radius 1 is 1.00 bits per heavy atom. The smallest absolute Gasteiger partial charge is 0.236 e. The van der Waals surface area contributed by atoms with Crippen molar-refractivity contribution in [2.45, 2.75) is 9.92 Å². The molecule has 2 heterocycles. The minimum absolute atomic E-state index is 0.0787. The first-order chi connectivity index (χ1) is 14.6. The van der Waals surface area contributed by atoms with Crippen molar-refractivity contribution in [2.24, 2.45) is 0 Å². The summed E-state index contributed by atoms with van der Waals surface area (Å²) in [6.07, 6.45) is 3.48. The molecule has 0 bridgehead atoms. The van der Waals surface area contributed by atoms with Crippen LogP contribution < -0.4 is 9.64 Å². The maximum atomic E-state index is 13.2. The zero-order chi connectivity index (χ0) is 21.0. The predicted molar refractivity (Wildman–Crippen MR) is 113 cm³/mol. The van der Waals surface area contributed by atoms with Crippen LogP contribution in [0, 0.1) is 0 Å². The number of ether oxygens (including phenoxy) is 2. The van der Waals surface area contributed by atoms with Crippen molar-refractivity contribution in [3.05, 3.63) is 66.1 Å². The number of anilines is 1. The summed E-state index contributed by atoms with van der Waals surface area (Å²) in [6.45, 7) is 2.08. The Labute approximate surface area is 175 Å². The number of methoxy groups -OCH3 is 1. The van der Waals surface area contributed by atoms with Crippen LogP contribution in [-0.4, -0.2) is 46.8 Å². The molecule has 0 radical (unpaired) electrons. The summed E-state index contributed by atoms with van der Waals surface area (Å²) in [7, 11) is -2.22. The summed E-state index contributed by atoms with van der Waals surface area (Å²) < 4.78 is 42.9. The van der Waals surface area contributed by atoms with Gasteiger partial charge in [0, 0.05) is 19.2 Å². The second-order valence-corrected chi connectivity index (χ2v) is 8.55. The van der Waals surface area contributed by atoms with E-state index >= 15 is 0 Å². The number of morpholine rings is 1. The molecule has 0 saturated carbocycles. The van der Waals surface area contributed by atoms with Gasteiger partial charge in [-0.3, -0.25) is 0 Å². The number of nitrogens with zero attached hydrogens (tertiary/aromatic N) is 2. The highest BCUT2D eigenvalue weighted by atomic mass is 32.2. The second kappa shape index (κ2) is 8.73. The van der Waals surface area contributed by atoms with Gasteiger partial charge in [-0.1, -0.05) is 30.3 Å². The zero-order valence-corrected chi connectivity index (χ0v) is 17.3. The zero-order valence-electron chi connectivity index (χ0n) is 16.5. The summed E-state index contributed by atoms with van der Waals surface area (Å²) >= 11 is 0. The lowest BCUT2D eigenvalue weighted by atomic mass is 10.2. The van der Waals surface area contributed by atoms with Crippen LogP contribution in [0.15, 0.2) is 68.9 Å². The normalized spacial score (nSPS) is 14.9. The van der Waals surface area contributed by atoms with Gasteiger partial charge in [0.2, 0.25) is 26.6 Å². The summed E-state index contributed by atoms with van der Waals surface area (Å²) in [6, 6.07) is 15.7. The van der Waals surface area contributed by atoms with Gasteiger partial charge in [-0.15, -0.1) is 0 Å². The number of hydrogen-bond acceptors (Lipinski definition) is 7. The van der Waals surface area contributed by atoms with Crippen molar-refractivity contribution in [3.63, 3.8) is 0 Å². The Morgan fingerprint density at radius 2 is 1.70 bits per heavy atom. The van der Waals surface area contributed by atoms with Gasteiger partial charge in [-0.25, -0.2) is 8.42 Å². The fraction of sp³-hybridized carbons (Fsp3) is 0.227. The topological polar surface area (TPSA) is 81.9 Å². The van der Waals surface area contributed by atoms with E-state index in [1.807, 2.05) is 35.2 Å². The molecule has 4 rings (SSSR count). The van der Waals surface area contributed by atoms with Crippen molar-refractivity contribution in [1.82, 2.24) is 4.98 Å². The van der Waals surface area contributed by atoms with Crippen molar-refractivity contribution in [1.29, 1.82) is 0 Å². The SMILES string of the molecule is COc1ccc(C=Cc2nc(S(=O)(=O)c3ccccc3)c(N3CCOCC3)o2)cc1. The van der Waals surface area contributed by atoms with Gasteiger partial charge in [0.05, 0.1) is 25.2 Å². The van der Waals surface area contributed by atoms with Crippen LogP contribution in [0.3, 0.4) is 0 Å². The van der Waals surface area contributed by atoms with Gasteiger partial charge in [0.15, 0.2) is 0 Å². The molecule has 0 aliphatic carbocycles. The molecule has 1 saturated heterocycles. The molecule has 0 unspecified atom stereocenters. The van der Waals surface area contributed by atoms with E-state index in [1.165, 1.54) is 0 Å². The summed E-state index contributed by atoms with van der Waals surface area (Å²) in [4.78, 5) is 6.37. The molecule has 1 aromatic heterocycles. The minimum atomic E-state index is -3.83. The van der Waals surface area contributed by atoms with E-state index in [9.17, 15) is 8.42 Å². The van der Waals surface area contributed by atoms with Crippen molar-refractivity contribution in [3.8, 4) is 5.75 Å². The van der Waals surface area contributed by atoms with Crippen LogP contribution in [0.4, 0.5) is 5.88 Å². The standard InChI is InChI=1S/C22H22N2O5S/c1-27-18-10-7-17(8-11-18)9-12-20-23-21(22(29-20)24-13-15-28-16-14-24)30(25,26)19-5-3-2-4-6-19/h2-12H,13-16H2,1H3. The summed E-state index contributed by atoms with van der Waals surface area (Å²) in [5.74, 6) is 1.23. The van der Waals surface area contributed by atoms with E-state index in [2.05, 4.69) is 4.98 Å². The van der Waals surface area contributed by atoms with Gasteiger partial charge < -0.3 is 18.8 Å². The molecule has 0 spiro atoms. The van der Waals surface area contributed by atoms with Crippen molar-refractivity contribution >= 4 is 27.9 Å². The fourth-order valence-corrected chi connectivity index (χ4v) is 4.47. The molecule has 0 amide bonds. The molecular formula is C22H22N2O5S. The van der Waals surface area contributed by atoms with Crippen LogP contribution in [0.5, 0.6) is 5.75 Å². The quantitative estimate of drug-likeness (QED) is 0.596. The van der Waals surface area contributed by atoms with E-state index in [0.717, 1.165) is 11.3 Å². The first-order valence-electron chi connectivity index (χ1n) is 9.54. The molecule has 0 atom stereocenters. The second-order valence-electron chi connectivity index (χ2n) is 6.68. The fourth-order valence-electron chi connectivity index (χ4n) is 3.12. The van der Waals surface area contributed by atoms with Crippen LogP contribution in [0.2, 0.25) is 0 Å². The van der Waals surface area contributed by atoms with Crippen molar-refractivity contribution in [2.75, 3.05) is 38.3 Å². The average Bonchev–Trinajstić information content (AvgIpc) is 3.24. The lowest BCUT2D eigenvalue weighted by molar-refractivity contribution is 0.120. The number of sulfone groups is 1. The lowest BCUT2D eigenvalue weighted by Gasteiger charge is -2.26. The molecule has 30 heavy (non-hydrogen) atoms. The third kappa shape index (κ3) is 4.24. The first-order valence-corrected chi connectivity index (χ1v) is 11.0. The number of aromatic nitrogens is 1. The Morgan fingerprint density at radius 3 is 2.37 bits per heavy atom. The molecule has 3 aromatic rings. The Balaban J connectivity index is 1.71. The monoisotopic (exact) mass is 426 g/mol. The number of rotatable bonds is 6. The Kier molecular flexibility index (Phi) is 5.87. The molecule has 7 nitrogen and oxygen atoms in total. The Bertz CT molecular complexity index is 1120. The third-order valence-corrected chi connectivity index (χ3v) is 6.40. The average molecular weight is 426 g/mol. The molecule has 1 aliphatic rings. The van der Waals surface area contributed by atoms with E-state index in [1.54, 1.807) is 43.5 Å². The molecule has 8 heteroatoms. The van der Waals surface area contributed by atoms with E-state index in [-0.39, 0.29) is 21.7 Å². The molecule has 2 aromatic carbocycles. The predicted octanol–water partition coefficient (Wildman–Crippen LogP) is 3.52. The van der Waals surface area contributed by atoms with Gasteiger partial charge in [0.1, 0.15) is 5.75 Å². The van der Waals surface area contributed by atoms with E-state index in [0.29, 0.717) is 26.3 Å². The largest absolute Gasteiger partial charge is 0.497 e. The van der Waals surface area contributed by atoms with E-state index < -0.39 is 9.84 Å². The van der Waals surface area contributed by atoms with E-state index in [4.69, 9.17) is 13.9 Å². The maximum Gasteiger partial charge on any atom is 0.236 e. The van der Waals surface area contributed by atoms with Gasteiger partial charge in [-0.05, 0) is 35.9 Å². The summed E-state index contributed by atoms with van der Waals surface area (Å²) in [5.41, 5.74) is 0.911. The number of hydrogen-bond donors (Lipinski definition) is 0. The molecule has 1 aliphatic heterocycles. The molecular weight excluding hydrogens is 404 g/mol. The Hall–Kier alpha value is -3.10. The highest BCUT2D eigenvalue weighted by Crippen LogP contribution is 2.32. The van der Waals surface area contributed by atoms with Gasteiger partial charge in [-0.2, -0.15) is 4.98 Å². The van der Waals surface area contributed by atoms with Gasteiger partial charge in [0.25, 0.3) is 0 Å².